The van der Waals surface area contributed by atoms with Crippen LogP contribution in [0.4, 0.5) is 11.4 Å². The highest BCUT2D eigenvalue weighted by molar-refractivity contribution is 7.92. The van der Waals surface area contributed by atoms with Crippen molar-refractivity contribution < 1.29 is 22.7 Å². The summed E-state index contributed by atoms with van der Waals surface area (Å²) in [5.41, 5.74) is 1.74. The molecule has 168 valence electrons. The zero-order valence-corrected chi connectivity index (χ0v) is 19.2. The first-order valence-corrected chi connectivity index (χ1v) is 11.5. The summed E-state index contributed by atoms with van der Waals surface area (Å²) in [7, 11) is -0.964. The van der Waals surface area contributed by atoms with Crippen LogP contribution in [0.1, 0.15) is 5.56 Å². The lowest BCUT2D eigenvalue weighted by molar-refractivity contribution is -0.114. The van der Waals surface area contributed by atoms with Gasteiger partial charge in [-0.05, 0) is 66.2 Å². The molecule has 3 aromatic rings. The Morgan fingerprint density at radius 2 is 1.69 bits per heavy atom. The van der Waals surface area contributed by atoms with Crippen LogP contribution in [0.2, 0.25) is 5.02 Å². The van der Waals surface area contributed by atoms with Crippen LogP contribution in [0, 0.1) is 0 Å². The van der Waals surface area contributed by atoms with Crippen molar-refractivity contribution in [3.05, 3.63) is 83.4 Å². The van der Waals surface area contributed by atoms with Crippen molar-refractivity contribution in [2.24, 2.45) is 0 Å². The second-order valence-corrected chi connectivity index (χ2v) is 9.14. The summed E-state index contributed by atoms with van der Waals surface area (Å²) in [6, 6.07) is 19.4. The van der Waals surface area contributed by atoms with Crippen LogP contribution in [0.15, 0.2) is 77.7 Å². The molecular weight excluding hydrogens is 452 g/mol. The van der Waals surface area contributed by atoms with Crippen molar-refractivity contribution >= 4 is 38.9 Å². The standard InChI is InChI=1S/C23H23ClN2O5S/c1-30-16-17-4-3-5-19(14-17)25-23(27)15-26(20-8-6-18(24)7-9-20)32(28,29)22-12-10-21(31-2)11-13-22/h3-14H,15-16H2,1-2H3,(H,25,27). The summed E-state index contributed by atoms with van der Waals surface area (Å²) in [6.07, 6.45) is 0. The number of amides is 1. The van der Waals surface area contributed by atoms with E-state index in [2.05, 4.69) is 5.32 Å². The molecule has 0 aliphatic heterocycles. The molecule has 0 bridgehead atoms. The van der Waals surface area contributed by atoms with Crippen LogP contribution < -0.4 is 14.4 Å². The maximum absolute atomic E-state index is 13.4. The molecule has 0 atom stereocenters. The molecule has 1 amide bonds. The van der Waals surface area contributed by atoms with Gasteiger partial charge in [-0.2, -0.15) is 0 Å². The van der Waals surface area contributed by atoms with Crippen molar-refractivity contribution in [3.63, 3.8) is 0 Å². The molecule has 0 heterocycles. The van der Waals surface area contributed by atoms with E-state index in [-0.39, 0.29) is 4.90 Å². The van der Waals surface area contributed by atoms with Gasteiger partial charge in [0.05, 0.1) is 24.3 Å². The maximum atomic E-state index is 13.4. The van der Waals surface area contributed by atoms with Crippen LogP contribution in [0.5, 0.6) is 5.75 Å². The Hall–Kier alpha value is -3.07. The smallest absolute Gasteiger partial charge is 0.264 e. The third kappa shape index (κ3) is 5.79. The van der Waals surface area contributed by atoms with Crippen LogP contribution in [-0.2, 0) is 26.2 Å². The van der Waals surface area contributed by atoms with Gasteiger partial charge < -0.3 is 14.8 Å². The van der Waals surface area contributed by atoms with E-state index in [0.717, 1.165) is 9.87 Å². The number of nitrogens with one attached hydrogen (secondary N) is 1. The fourth-order valence-corrected chi connectivity index (χ4v) is 4.58. The molecule has 9 heteroatoms. The molecule has 3 rings (SSSR count). The number of methoxy groups -OCH3 is 2. The number of halogens is 1. The molecule has 0 fully saturated rings. The second-order valence-electron chi connectivity index (χ2n) is 6.85. The minimum absolute atomic E-state index is 0.0307. The first-order valence-electron chi connectivity index (χ1n) is 9.63. The van der Waals surface area contributed by atoms with E-state index < -0.39 is 22.5 Å². The summed E-state index contributed by atoms with van der Waals surface area (Å²) in [6.45, 7) is -0.0308. The van der Waals surface area contributed by atoms with Gasteiger partial charge in [0.2, 0.25) is 5.91 Å². The van der Waals surface area contributed by atoms with Crippen molar-refractivity contribution in [3.8, 4) is 5.75 Å². The monoisotopic (exact) mass is 474 g/mol. The van der Waals surface area contributed by atoms with E-state index in [1.165, 1.54) is 19.2 Å². The predicted octanol–water partition coefficient (Wildman–Crippen LogP) is 4.33. The van der Waals surface area contributed by atoms with Gasteiger partial charge in [0.1, 0.15) is 12.3 Å². The minimum atomic E-state index is -4.04. The average Bonchev–Trinajstić information content (AvgIpc) is 2.78. The van der Waals surface area contributed by atoms with Gasteiger partial charge in [0.15, 0.2) is 0 Å². The molecule has 0 radical (unpaired) electrons. The summed E-state index contributed by atoms with van der Waals surface area (Å²) in [5, 5.41) is 3.20. The van der Waals surface area contributed by atoms with Crippen molar-refractivity contribution in [1.82, 2.24) is 0 Å². The number of carbonyl (C=O) groups excluding carboxylic acids is 1. The van der Waals surface area contributed by atoms with Gasteiger partial charge in [-0.25, -0.2) is 8.42 Å². The fraction of sp³-hybridized carbons (Fsp3) is 0.174. The number of anilines is 2. The number of benzene rings is 3. The lowest BCUT2D eigenvalue weighted by Gasteiger charge is -2.24. The Morgan fingerprint density at radius 3 is 2.31 bits per heavy atom. The van der Waals surface area contributed by atoms with E-state index in [4.69, 9.17) is 21.1 Å². The minimum Gasteiger partial charge on any atom is -0.497 e. The van der Waals surface area contributed by atoms with E-state index >= 15 is 0 Å². The van der Waals surface area contributed by atoms with E-state index in [1.54, 1.807) is 61.7 Å². The van der Waals surface area contributed by atoms with Gasteiger partial charge in [0, 0.05) is 17.8 Å². The molecule has 1 N–H and O–H groups in total. The lowest BCUT2D eigenvalue weighted by Crippen LogP contribution is -2.38. The predicted molar refractivity (Wildman–Crippen MR) is 125 cm³/mol. The summed E-state index contributed by atoms with van der Waals surface area (Å²) in [4.78, 5) is 12.8. The number of hydrogen-bond donors (Lipinski definition) is 1. The second kappa shape index (κ2) is 10.5. The van der Waals surface area contributed by atoms with Crippen molar-refractivity contribution in [1.29, 1.82) is 0 Å². The Balaban J connectivity index is 1.90. The van der Waals surface area contributed by atoms with E-state index in [0.29, 0.717) is 28.8 Å². The number of rotatable bonds is 9. The Morgan fingerprint density at radius 1 is 1.00 bits per heavy atom. The van der Waals surface area contributed by atoms with Gasteiger partial charge in [-0.3, -0.25) is 9.10 Å². The largest absolute Gasteiger partial charge is 0.497 e. The molecular formula is C23H23ClN2O5S. The first-order chi connectivity index (χ1) is 15.3. The molecule has 7 nitrogen and oxygen atoms in total. The zero-order chi connectivity index (χ0) is 23.1. The number of carbonyl (C=O) groups is 1. The van der Waals surface area contributed by atoms with E-state index in [1.807, 2.05) is 6.07 Å². The molecule has 3 aromatic carbocycles. The van der Waals surface area contributed by atoms with Crippen LogP contribution in [0.25, 0.3) is 0 Å². The highest BCUT2D eigenvalue weighted by atomic mass is 35.5. The summed E-state index contributed by atoms with van der Waals surface area (Å²) < 4.78 is 38.1. The van der Waals surface area contributed by atoms with E-state index in [9.17, 15) is 13.2 Å². The average molecular weight is 475 g/mol. The molecule has 0 saturated carbocycles. The number of sulfonamides is 1. The number of nitrogens with zero attached hydrogens (tertiary/aromatic N) is 1. The molecule has 0 unspecified atom stereocenters. The Labute approximate surface area is 192 Å². The van der Waals surface area contributed by atoms with Gasteiger partial charge in [-0.15, -0.1) is 0 Å². The first kappa shape index (κ1) is 23.6. The van der Waals surface area contributed by atoms with Gasteiger partial charge in [0.25, 0.3) is 10.0 Å². The molecule has 0 aromatic heterocycles. The number of ether oxygens (including phenoxy) is 2. The summed E-state index contributed by atoms with van der Waals surface area (Å²) >= 11 is 5.96. The quantitative estimate of drug-likeness (QED) is 0.499. The number of hydrogen-bond acceptors (Lipinski definition) is 5. The van der Waals surface area contributed by atoms with Crippen LogP contribution in [0.3, 0.4) is 0 Å². The highest BCUT2D eigenvalue weighted by Gasteiger charge is 2.27. The van der Waals surface area contributed by atoms with Crippen molar-refractivity contribution in [2.75, 3.05) is 30.4 Å². The van der Waals surface area contributed by atoms with Crippen LogP contribution in [-0.4, -0.2) is 35.1 Å². The SMILES string of the molecule is COCc1cccc(NC(=O)CN(c2ccc(Cl)cc2)S(=O)(=O)c2ccc(OC)cc2)c1. The topological polar surface area (TPSA) is 84.9 Å². The molecule has 0 aliphatic carbocycles. The normalized spacial score (nSPS) is 11.1. The van der Waals surface area contributed by atoms with Crippen LogP contribution >= 0.6 is 11.6 Å². The Kier molecular flexibility index (Phi) is 7.74. The fourth-order valence-electron chi connectivity index (χ4n) is 3.03. The third-order valence-electron chi connectivity index (χ3n) is 4.57. The molecule has 0 spiro atoms. The summed E-state index contributed by atoms with van der Waals surface area (Å²) in [5.74, 6) is 0.0299. The maximum Gasteiger partial charge on any atom is 0.264 e. The van der Waals surface area contributed by atoms with Gasteiger partial charge >= 0.3 is 0 Å². The third-order valence-corrected chi connectivity index (χ3v) is 6.61. The molecule has 0 aliphatic rings. The lowest BCUT2D eigenvalue weighted by atomic mass is 10.2. The van der Waals surface area contributed by atoms with Gasteiger partial charge in [-0.1, -0.05) is 23.7 Å². The highest BCUT2D eigenvalue weighted by Crippen LogP contribution is 2.26. The van der Waals surface area contributed by atoms with Crippen molar-refractivity contribution in [2.45, 2.75) is 11.5 Å². The molecule has 32 heavy (non-hydrogen) atoms. The Bertz CT molecular complexity index is 1170. The molecule has 0 saturated heterocycles. The zero-order valence-electron chi connectivity index (χ0n) is 17.6.